The van der Waals surface area contributed by atoms with Crippen molar-refractivity contribution in [3.63, 3.8) is 0 Å². The van der Waals surface area contributed by atoms with Crippen LogP contribution >= 0.6 is 0 Å². The Kier molecular flexibility index (Phi) is 6.36. The number of carbonyl (C=O) groups excluding carboxylic acids is 2. The minimum absolute atomic E-state index is 0.0730. The molecule has 0 aliphatic carbocycles. The minimum Gasteiger partial charge on any atom is -0.350 e. The van der Waals surface area contributed by atoms with Gasteiger partial charge in [0.2, 0.25) is 11.8 Å². The van der Waals surface area contributed by atoms with Gasteiger partial charge in [-0.3, -0.25) is 9.59 Å². The molecule has 0 saturated carbocycles. The maximum Gasteiger partial charge on any atom is 0.222 e. The number of amides is 2. The van der Waals surface area contributed by atoms with Crippen molar-refractivity contribution in [1.82, 2.24) is 20.0 Å². The normalized spacial score (nSPS) is 17.5. The molecule has 6 heteroatoms. The third-order valence-electron chi connectivity index (χ3n) is 6.96. The van der Waals surface area contributed by atoms with Crippen LogP contribution in [0.3, 0.4) is 0 Å². The van der Waals surface area contributed by atoms with E-state index >= 15 is 0 Å². The standard InChI is InChI=1S/C29H30N4O2/c1-32(21-22-8-11-26(12-9-22)33-18-4-17-30-33)28(35)14-16-29(15-13-27(34)31-29)20-23-7-10-24-5-2-3-6-25(24)19-23/h2-12,17-19H,13-16,20-21H2,1H3,(H,31,34)/t29-/m1/s1. The van der Waals surface area contributed by atoms with E-state index in [-0.39, 0.29) is 17.4 Å². The number of rotatable bonds is 8. The lowest BCUT2D eigenvalue weighted by Crippen LogP contribution is -2.44. The predicted octanol–water partition coefficient (Wildman–Crippen LogP) is 4.66. The van der Waals surface area contributed by atoms with Crippen molar-refractivity contribution in [2.45, 2.75) is 44.2 Å². The van der Waals surface area contributed by atoms with Crippen LogP contribution in [0.4, 0.5) is 0 Å². The number of hydrogen-bond donors (Lipinski definition) is 1. The Morgan fingerprint density at radius 2 is 1.80 bits per heavy atom. The molecule has 0 radical (unpaired) electrons. The summed E-state index contributed by atoms with van der Waals surface area (Å²) in [6.07, 6.45) is 6.68. The molecular weight excluding hydrogens is 436 g/mol. The van der Waals surface area contributed by atoms with E-state index in [2.05, 4.69) is 40.7 Å². The Morgan fingerprint density at radius 1 is 1.03 bits per heavy atom. The molecule has 2 heterocycles. The molecule has 1 aromatic heterocycles. The Labute approximate surface area is 205 Å². The fourth-order valence-electron chi connectivity index (χ4n) is 5.00. The zero-order valence-electron chi connectivity index (χ0n) is 20.0. The first kappa shape index (κ1) is 22.8. The van der Waals surface area contributed by atoms with Crippen molar-refractivity contribution in [1.29, 1.82) is 0 Å². The molecular formula is C29H30N4O2. The zero-order chi connectivity index (χ0) is 24.3. The lowest BCUT2D eigenvalue weighted by Gasteiger charge is -2.30. The molecule has 6 nitrogen and oxygen atoms in total. The second-order valence-electron chi connectivity index (χ2n) is 9.55. The molecule has 1 aliphatic rings. The summed E-state index contributed by atoms with van der Waals surface area (Å²) in [4.78, 5) is 27.0. The maximum atomic E-state index is 13.0. The van der Waals surface area contributed by atoms with Gasteiger partial charge in [-0.2, -0.15) is 5.10 Å². The van der Waals surface area contributed by atoms with Crippen LogP contribution in [0.1, 0.15) is 36.8 Å². The smallest absolute Gasteiger partial charge is 0.222 e. The Balaban J connectivity index is 1.22. The molecule has 1 atom stereocenters. The molecule has 1 aliphatic heterocycles. The van der Waals surface area contributed by atoms with E-state index in [1.54, 1.807) is 11.1 Å². The summed E-state index contributed by atoms with van der Waals surface area (Å²) in [7, 11) is 1.84. The molecule has 5 rings (SSSR count). The van der Waals surface area contributed by atoms with Gasteiger partial charge in [0.05, 0.1) is 5.69 Å². The third kappa shape index (κ3) is 5.27. The summed E-state index contributed by atoms with van der Waals surface area (Å²) < 4.78 is 1.81. The lowest BCUT2D eigenvalue weighted by atomic mass is 9.84. The van der Waals surface area contributed by atoms with Gasteiger partial charge < -0.3 is 10.2 Å². The predicted molar refractivity (Wildman–Crippen MR) is 137 cm³/mol. The van der Waals surface area contributed by atoms with Gasteiger partial charge in [0.15, 0.2) is 0 Å². The lowest BCUT2D eigenvalue weighted by molar-refractivity contribution is -0.131. The van der Waals surface area contributed by atoms with Crippen LogP contribution in [0.25, 0.3) is 16.5 Å². The van der Waals surface area contributed by atoms with E-state index in [1.165, 1.54) is 16.3 Å². The van der Waals surface area contributed by atoms with Crippen LogP contribution in [-0.4, -0.2) is 39.1 Å². The van der Waals surface area contributed by atoms with Crippen molar-refractivity contribution in [2.24, 2.45) is 0 Å². The number of hydrogen-bond acceptors (Lipinski definition) is 3. The summed E-state index contributed by atoms with van der Waals surface area (Å²) >= 11 is 0. The van der Waals surface area contributed by atoms with Crippen LogP contribution in [0, 0.1) is 0 Å². The summed E-state index contributed by atoms with van der Waals surface area (Å²) in [5.41, 5.74) is 2.86. The molecule has 4 aromatic rings. The van der Waals surface area contributed by atoms with Gasteiger partial charge in [0, 0.05) is 44.4 Å². The molecule has 3 aromatic carbocycles. The molecule has 1 N–H and O–H groups in total. The van der Waals surface area contributed by atoms with E-state index < -0.39 is 0 Å². The van der Waals surface area contributed by atoms with Crippen LogP contribution in [0.2, 0.25) is 0 Å². The molecule has 0 unspecified atom stereocenters. The van der Waals surface area contributed by atoms with E-state index in [0.29, 0.717) is 25.8 Å². The molecule has 1 fully saturated rings. The minimum atomic E-state index is -0.374. The Hall–Kier alpha value is -3.93. The number of aromatic nitrogens is 2. The van der Waals surface area contributed by atoms with Gasteiger partial charge in [-0.1, -0.05) is 54.6 Å². The van der Waals surface area contributed by atoms with Crippen molar-refractivity contribution in [3.8, 4) is 5.69 Å². The summed E-state index contributed by atoms with van der Waals surface area (Å²) in [5.74, 6) is 0.157. The van der Waals surface area contributed by atoms with Crippen LogP contribution < -0.4 is 5.32 Å². The number of carbonyl (C=O) groups is 2. The number of fused-ring (bicyclic) bond motifs is 1. The maximum absolute atomic E-state index is 13.0. The quantitative estimate of drug-likeness (QED) is 0.411. The first-order valence-corrected chi connectivity index (χ1v) is 12.1. The largest absolute Gasteiger partial charge is 0.350 e. The number of nitrogens with zero attached hydrogens (tertiary/aromatic N) is 3. The molecule has 0 spiro atoms. The van der Waals surface area contributed by atoms with Crippen molar-refractivity contribution < 1.29 is 9.59 Å². The number of benzene rings is 3. The van der Waals surface area contributed by atoms with Crippen molar-refractivity contribution >= 4 is 22.6 Å². The SMILES string of the molecule is CN(Cc1ccc(-n2cccn2)cc1)C(=O)CC[C@@]1(Cc2ccc3ccccc3c2)CCC(=O)N1. The summed E-state index contributed by atoms with van der Waals surface area (Å²) in [6.45, 7) is 0.544. The van der Waals surface area contributed by atoms with Gasteiger partial charge in [-0.25, -0.2) is 4.68 Å². The monoisotopic (exact) mass is 466 g/mol. The van der Waals surface area contributed by atoms with Crippen LogP contribution in [0.5, 0.6) is 0 Å². The van der Waals surface area contributed by atoms with Crippen LogP contribution in [-0.2, 0) is 22.6 Å². The van der Waals surface area contributed by atoms with Crippen molar-refractivity contribution in [2.75, 3.05) is 7.05 Å². The molecule has 2 amide bonds. The molecule has 35 heavy (non-hydrogen) atoms. The van der Waals surface area contributed by atoms with Gasteiger partial charge in [0.25, 0.3) is 0 Å². The van der Waals surface area contributed by atoms with E-state index in [0.717, 1.165) is 24.1 Å². The first-order chi connectivity index (χ1) is 17.0. The molecule has 1 saturated heterocycles. The highest BCUT2D eigenvalue weighted by molar-refractivity contribution is 5.83. The summed E-state index contributed by atoms with van der Waals surface area (Å²) in [6, 6.07) is 24.7. The van der Waals surface area contributed by atoms with Gasteiger partial charge >= 0.3 is 0 Å². The summed E-state index contributed by atoms with van der Waals surface area (Å²) in [5, 5.41) is 9.85. The van der Waals surface area contributed by atoms with Gasteiger partial charge in [-0.05, 0) is 59.4 Å². The first-order valence-electron chi connectivity index (χ1n) is 12.1. The fraction of sp³-hybridized carbons (Fsp3) is 0.276. The second kappa shape index (κ2) is 9.74. The van der Waals surface area contributed by atoms with Crippen molar-refractivity contribution in [3.05, 3.63) is 96.3 Å². The Bertz CT molecular complexity index is 1330. The Morgan fingerprint density at radius 3 is 2.51 bits per heavy atom. The van der Waals surface area contributed by atoms with E-state index in [9.17, 15) is 9.59 Å². The van der Waals surface area contributed by atoms with Gasteiger partial charge in [-0.15, -0.1) is 0 Å². The van der Waals surface area contributed by atoms with Gasteiger partial charge in [0.1, 0.15) is 0 Å². The highest BCUT2D eigenvalue weighted by Crippen LogP contribution is 2.31. The highest BCUT2D eigenvalue weighted by Gasteiger charge is 2.38. The highest BCUT2D eigenvalue weighted by atomic mass is 16.2. The van der Waals surface area contributed by atoms with E-state index in [1.807, 2.05) is 60.4 Å². The van der Waals surface area contributed by atoms with E-state index in [4.69, 9.17) is 0 Å². The number of nitrogens with one attached hydrogen (secondary N) is 1. The molecule has 178 valence electrons. The average molecular weight is 467 g/mol. The second-order valence-corrected chi connectivity index (χ2v) is 9.55. The third-order valence-corrected chi connectivity index (χ3v) is 6.96. The average Bonchev–Trinajstić information content (AvgIpc) is 3.53. The topological polar surface area (TPSA) is 67.2 Å². The fourth-order valence-corrected chi connectivity index (χ4v) is 5.00. The molecule has 0 bridgehead atoms. The zero-order valence-corrected chi connectivity index (χ0v) is 20.0. The van der Waals surface area contributed by atoms with Crippen LogP contribution in [0.15, 0.2) is 85.2 Å².